The van der Waals surface area contributed by atoms with E-state index in [-0.39, 0.29) is 17.5 Å². The van der Waals surface area contributed by atoms with Crippen LogP contribution in [-0.2, 0) is 0 Å². The van der Waals surface area contributed by atoms with Gasteiger partial charge in [-0.2, -0.15) is 0 Å². The molecule has 1 aromatic heterocycles. The first-order chi connectivity index (χ1) is 11.0. The molecule has 0 spiro atoms. The Morgan fingerprint density at radius 2 is 1.74 bits per heavy atom. The lowest BCUT2D eigenvalue weighted by Gasteiger charge is -2.22. The van der Waals surface area contributed by atoms with Crippen molar-refractivity contribution in [3.8, 4) is 5.69 Å². The molecule has 4 heteroatoms. The van der Waals surface area contributed by atoms with Gasteiger partial charge in [0.1, 0.15) is 0 Å². The van der Waals surface area contributed by atoms with Crippen LogP contribution in [0.25, 0.3) is 16.5 Å². The third-order valence-electron chi connectivity index (χ3n) is 4.29. The molecule has 3 aromatic rings. The molecule has 0 saturated heterocycles. The Balaban J connectivity index is 2.43. The highest BCUT2D eigenvalue weighted by Crippen LogP contribution is 2.27. The van der Waals surface area contributed by atoms with Crippen molar-refractivity contribution in [3.63, 3.8) is 0 Å². The topological polar surface area (TPSA) is 48.0 Å². The molecular formula is C19H19ClN2O. The number of benzene rings is 2. The molecule has 0 aliphatic rings. The maximum Gasteiger partial charge on any atom is 0.264 e. The van der Waals surface area contributed by atoms with E-state index in [9.17, 15) is 4.79 Å². The first-order valence-electron chi connectivity index (χ1n) is 7.66. The fourth-order valence-electron chi connectivity index (χ4n) is 2.79. The number of para-hydroxylation sites is 1. The molecule has 0 aliphatic heterocycles. The number of pyridine rings is 1. The molecule has 2 unspecified atom stereocenters. The molecule has 118 valence electrons. The molecule has 23 heavy (non-hydrogen) atoms. The normalized spacial score (nSPS) is 13.9. The number of fused-ring (bicyclic) bond motifs is 1. The van der Waals surface area contributed by atoms with E-state index in [4.69, 9.17) is 17.3 Å². The lowest BCUT2D eigenvalue weighted by Crippen LogP contribution is -2.30. The molecule has 3 rings (SSSR count). The van der Waals surface area contributed by atoms with Gasteiger partial charge in [0.25, 0.3) is 5.56 Å². The van der Waals surface area contributed by atoms with Gasteiger partial charge in [-0.05, 0) is 36.6 Å². The van der Waals surface area contributed by atoms with Crippen molar-refractivity contribution in [2.75, 3.05) is 0 Å². The lowest BCUT2D eigenvalue weighted by molar-refractivity contribution is 0.583. The summed E-state index contributed by atoms with van der Waals surface area (Å²) in [6, 6.07) is 17.1. The molecule has 0 saturated carbocycles. The van der Waals surface area contributed by atoms with E-state index < -0.39 is 0 Å². The molecule has 0 radical (unpaired) electrons. The second-order valence-electron chi connectivity index (χ2n) is 5.90. The number of nitrogens with two attached hydrogens (primary N) is 1. The van der Waals surface area contributed by atoms with Crippen LogP contribution in [0, 0.1) is 0 Å². The minimum absolute atomic E-state index is 0.0336. The molecule has 0 fully saturated rings. The summed E-state index contributed by atoms with van der Waals surface area (Å²) in [5.41, 5.74) is 7.70. The van der Waals surface area contributed by atoms with Gasteiger partial charge in [-0.1, -0.05) is 48.9 Å². The van der Waals surface area contributed by atoms with Gasteiger partial charge in [-0.25, -0.2) is 0 Å². The van der Waals surface area contributed by atoms with Gasteiger partial charge < -0.3 is 5.73 Å². The summed E-state index contributed by atoms with van der Waals surface area (Å²) in [5, 5.41) is 1.85. The summed E-state index contributed by atoms with van der Waals surface area (Å²) in [4.78, 5) is 13.1. The van der Waals surface area contributed by atoms with E-state index >= 15 is 0 Å². The van der Waals surface area contributed by atoms with Crippen molar-refractivity contribution in [2.45, 2.75) is 25.8 Å². The van der Waals surface area contributed by atoms with E-state index in [1.54, 1.807) is 10.6 Å². The number of hydrogen-bond donors (Lipinski definition) is 1. The van der Waals surface area contributed by atoms with E-state index in [0.717, 1.165) is 16.8 Å². The highest BCUT2D eigenvalue weighted by atomic mass is 35.5. The minimum Gasteiger partial charge on any atom is -0.327 e. The molecule has 0 aliphatic carbocycles. The highest BCUT2D eigenvalue weighted by Gasteiger charge is 2.19. The van der Waals surface area contributed by atoms with Crippen LogP contribution >= 0.6 is 11.6 Å². The molecule has 2 N–H and O–H groups in total. The van der Waals surface area contributed by atoms with E-state index in [2.05, 4.69) is 0 Å². The van der Waals surface area contributed by atoms with E-state index in [1.807, 2.05) is 62.4 Å². The first kappa shape index (κ1) is 15.8. The molecule has 2 aromatic carbocycles. The number of nitrogens with zero attached hydrogens (tertiary/aromatic N) is 1. The summed E-state index contributed by atoms with van der Waals surface area (Å²) in [7, 11) is 0. The Morgan fingerprint density at radius 1 is 1.04 bits per heavy atom. The fourth-order valence-corrected chi connectivity index (χ4v) is 3.05. The van der Waals surface area contributed by atoms with Crippen LogP contribution in [0.15, 0.2) is 59.4 Å². The average Bonchev–Trinajstić information content (AvgIpc) is 2.54. The summed E-state index contributed by atoms with van der Waals surface area (Å²) < 4.78 is 1.72. The van der Waals surface area contributed by atoms with Crippen LogP contribution < -0.4 is 11.3 Å². The highest BCUT2D eigenvalue weighted by molar-refractivity contribution is 6.35. The van der Waals surface area contributed by atoms with Gasteiger partial charge in [-0.15, -0.1) is 0 Å². The van der Waals surface area contributed by atoms with Crippen LogP contribution in [0.5, 0.6) is 0 Å². The molecule has 0 bridgehead atoms. The SMILES string of the molecule is CC(N)C(C)c1cc2cccc(Cl)c2c(=O)n1-c1ccccc1. The zero-order valence-electron chi connectivity index (χ0n) is 13.2. The Hall–Kier alpha value is -2.10. The Morgan fingerprint density at radius 3 is 2.39 bits per heavy atom. The lowest BCUT2D eigenvalue weighted by atomic mass is 9.97. The zero-order chi connectivity index (χ0) is 16.6. The molecule has 2 atom stereocenters. The van der Waals surface area contributed by atoms with E-state index in [1.165, 1.54) is 0 Å². The smallest absolute Gasteiger partial charge is 0.264 e. The molecular weight excluding hydrogens is 308 g/mol. The van der Waals surface area contributed by atoms with Crippen molar-refractivity contribution < 1.29 is 0 Å². The molecule has 0 amide bonds. The Labute approximate surface area is 140 Å². The number of halogens is 1. The number of rotatable bonds is 3. The van der Waals surface area contributed by atoms with E-state index in [0.29, 0.717) is 10.4 Å². The fraction of sp³-hybridized carbons (Fsp3) is 0.211. The minimum atomic E-state index is -0.109. The maximum absolute atomic E-state index is 13.1. The molecule has 3 nitrogen and oxygen atoms in total. The van der Waals surface area contributed by atoms with Gasteiger partial charge in [0.15, 0.2) is 0 Å². The van der Waals surface area contributed by atoms with Crippen molar-refractivity contribution in [1.82, 2.24) is 4.57 Å². The number of hydrogen-bond acceptors (Lipinski definition) is 2. The predicted molar refractivity (Wildman–Crippen MR) is 96.6 cm³/mol. The summed E-state index contributed by atoms with van der Waals surface area (Å²) in [6.07, 6.45) is 0. The van der Waals surface area contributed by atoms with Crippen LogP contribution in [-0.4, -0.2) is 10.6 Å². The van der Waals surface area contributed by atoms with Crippen molar-refractivity contribution >= 4 is 22.4 Å². The van der Waals surface area contributed by atoms with Gasteiger partial charge >= 0.3 is 0 Å². The Bertz CT molecular complexity index is 900. The van der Waals surface area contributed by atoms with Crippen molar-refractivity contribution in [2.24, 2.45) is 5.73 Å². The van der Waals surface area contributed by atoms with Crippen molar-refractivity contribution in [1.29, 1.82) is 0 Å². The van der Waals surface area contributed by atoms with Gasteiger partial charge in [-0.3, -0.25) is 9.36 Å². The maximum atomic E-state index is 13.1. The van der Waals surface area contributed by atoms with Crippen LogP contribution in [0.4, 0.5) is 0 Å². The Kier molecular flexibility index (Phi) is 4.24. The zero-order valence-corrected chi connectivity index (χ0v) is 13.9. The third kappa shape index (κ3) is 2.78. The summed E-state index contributed by atoms with van der Waals surface area (Å²) in [6.45, 7) is 3.99. The van der Waals surface area contributed by atoms with Crippen molar-refractivity contribution in [3.05, 3.63) is 75.7 Å². The predicted octanol–water partition coefficient (Wildman–Crippen LogP) is 4.09. The first-order valence-corrected chi connectivity index (χ1v) is 8.03. The second kappa shape index (κ2) is 6.19. The standard InChI is InChI=1S/C19H19ClN2O/c1-12(13(2)21)17-11-14-7-6-10-16(20)18(14)19(23)22(17)15-8-4-3-5-9-15/h3-13H,21H2,1-2H3. The van der Waals surface area contributed by atoms with Gasteiger partial charge in [0.05, 0.1) is 10.4 Å². The average molecular weight is 327 g/mol. The van der Waals surface area contributed by atoms with Crippen LogP contribution in [0.2, 0.25) is 5.02 Å². The van der Waals surface area contributed by atoms with Crippen LogP contribution in [0.1, 0.15) is 25.5 Å². The number of aromatic nitrogens is 1. The quantitative estimate of drug-likeness (QED) is 0.788. The van der Waals surface area contributed by atoms with Crippen LogP contribution in [0.3, 0.4) is 0 Å². The third-order valence-corrected chi connectivity index (χ3v) is 4.61. The summed E-state index contributed by atoms with van der Waals surface area (Å²) in [5.74, 6) is 0.0336. The van der Waals surface area contributed by atoms with Gasteiger partial charge in [0.2, 0.25) is 0 Å². The second-order valence-corrected chi connectivity index (χ2v) is 6.30. The largest absolute Gasteiger partial charge is 0.327 e. The van der Waals surface area contributed by atoms with Gasteiger partial charge in [0, 0.05) is 23.3 Å². The monoisotopic (exact) mass is 326 g/mol. The summed E-state index contributed by atoms with van der Waals surface area (Å²) >= 11 is 6.28. The molecule has 1 heterocycles.